The van der Waals surface area contributed by atoms with Gasteiger partial charge in [0.1, 0.15) is 6.04 Å². The van der Waals surface area contributed by atoms with E-state index in [1.54, 1.807) is 32.0 Å². The van der Waals surface area contributed by atoms with Gasteiger partial charge in [0.25, 0.3) is 0 Å². The van der Waals surface area contributed by atoms with Crippen molar-refractivity contribution in [2.45, 2.75) is 59.5 Å². The van der Waals surface area contributed by atoms with E-state index in [9.17, 15) is 13.2 Å². The molecule has 1 amide bonds. The Balaban J connectivity index is 2.34. The van der Waals surface area contributed by atoms with Crippen molar-refractivity contribution in [1.29, 1.82) is 0 Å². The van der Waals surface area contributed by atoms with Crippen molar-refractivity contribution in [2.75, 3.05) is 10.6 Å². The molecule has 5 nitrogen and oxygen atoms in total. The second kappa shape index (κ2) is 10.3. The molecule has 30 heavy (non-hydrogen) atoms. The second-order valence-corrected chi connectivity index (χ2v) is 9.74. The van der Waals surface area contributed by atoms with Crippen molar-refractivity contribution >= 4 is 33.2 Å². The van der Waals surface area contributed by atoms with Gasteiger partial charge >= 0.3 is 0 Å². The summed E-state index contributed by atoms with van der Waals surface area (Å²) in [5.74, 6) is -0.328. The van der Waals surface area contributed by atoms with Crippen LogP contribution in [0.1, 0.15) is 49.4 Å². The van der Waals surface area contributed by atoms with Crippen molar-refractivity contribution in [2.24, 2.45) is 0 Å². The summed E-state index contributed by atoms with van der Waals surface area (Å²) in [5.41, 5.74) is 4.60. The molecular weight excluding hydrogens is 420 g/mol. The molecule has 0 unspecified atom stereocenters. The highest BCUT2D eigenvalue weighted by Gasteiger charge is 2.32. The molecule has 0 aromatic heterocycles. The fourth-order valence-corrected chi connectivity index (χ4v) is 4.99. The lowest BCUT2D eigenvalue weighted by atomic mass is 10.0. The lowest BCUT2D eigenvalue weighted by Gasteiger charge is -2.31. The Morgan fingerprint density at radius 2 is 1.77 bits per heavy atom. The van der Waals surface area contributed by atoms with Gasteiger partial charge in [-0.3, -0.25) is 9.10 Å². The van der Waals surface area contributed by atoms with Crippen LogP contribution in [0.2, 0.25) is 5.02 Å². The minimum absolute atomic E-state index is 0.328. The summed E-state index contributed by atoms with van der Waals surface area (Å²) in [7, 11) is -3.71. The van der Waals surface area contributed by atoms with Crippen LogP contribution in [0.3, 0.4) is 0 Å². The minimum Gasteiger partial charge on any atom is -0.350 e. The van der Waals surface area contributed by atoms with Crippen LogP contribution in [0, 0.1) is 6.92 Å². The zero-order chi connectivity index (χ0) is 22.5. The largest absolute Gasteiger partial charge is 0.350 e. The number of anilines is 1. The summed E-state index contributed by atoms with van der Waals surface area (Å²) in [6.45, 7) is 8.14. The molecular formula is C23H31ClN2O3S. The van der Waals surface area contributed by atoms with Gasteiger partial charge in [0.2, 0.25) is 15.9 Å². The monoisotopic (exact) mass is 450 g/mol. The molecule has 1 N–H and O–H groups in total. The molecule has 164 valence electrons. The number of amides is 1. The molecule has 0 bridgehead atoms. The summed E-state index contributed by atoms with van der Waals surface area (Å²) >= 11 is 6.12. The Kier molecular flexibility index (Phi) is 8.33. The Labute approximate surface area is 185 Å². The van der Waals surface area contributed by atoms with Crippen LogP contribution in [0.4, 0.5) is 5.69 Å². The number of benzene rings is 2. The topological polar surface area (TPSA) is 66.5 Å². The third-order valence-electron chi connectivity index (χ3n) is 5.25. The number of hydrogen-bond donors (Lipinski definition) is 1. The van der Waals surface area contributed by atoms with Crippen molar-refractivity contribution in [3.05, 3.63) is 63.7 Å². The fourth-order valence-electron chi connectivity index (χ4n) is 3.56. The van der Waals surface area contributed by atoms with Gasteiger partial charge in [0, 0.05) is 11.6 Å². The fraction of sp³-hybridized carbons (Fsp3) is 0.435. The maximum Gasteiger partial charge on any atom is 0.244 e. The van der Waals surface area contributed by atoms with E-state index in [2.05, 4.69) is 37.4 Å². The minimum atomic E-state index is -3.71. The Hall–Kier alpha value is -2.05. The van der Waals surface area contributed by atoms with E-state index in [1.807, 2.05) is 0 Å². The Morgan fingerprint density at radius 3 is 2.33 bits per heavy atom. The smallest absolute Gasteiger partial charge is 0.244 e. The van der Waals surface area contributed by atoms with Crippen LogP contribution in [0.5, 0.6) is 0 Å². The van der Waals surface area contributed by atoms with E-state index >= 15 is 0 Å². The van der Waals surface area contributed by atoms with Gasteiger partial charge in [0.15, 0.2) is 0 Å². The van der Waals surface area contributed by atoms with E-state index in [1.165, 1.54) is 15.4 Å². The van der Waals surface area contributed by atoms with Gasteiger partial charge < -0.3 is 5.32 Å². The summed E-state index contributed by atoms with van der Waals surface area (Å²) < 4.78 is 26.5. The Bertz CT molecular complexity index is 1010. The lowest BCUT2D eigenvalue weighted by molar-refractivity contribution is -0.122. The molecule has 0 spiro atoms. The number of nitrogens with one attached hydrogen (secondary N) is 1. The summed E-state index contributed by atoms with van der Waals surface area (Å²) in [6, 6.07) is 10.5. The van der Waals surface area contributed by atoms with Crippen molar-refractivity contribution in [3.63, 3.8) is 0 Å². The first-order valence-corrected chi connectivity index (χ1v) is 12.5. The molecule has 0 aliphatic heterocycles. The highest BCUT2D eigenvalue weighted by molar-refractivity contribution is 7.92. The molecule has 1 atom stereocenters. The maximum atomic E-state index is 13.1. The van der Waals surface area contributed by atoms with Crippen LogP contribution in [0.25, 0.3) is 0 Å². The van der Waals surface area contributed by atoms with Gasteiger partial charge in [-0.1, -0.05) is 56.6 Å². The van der Waals surface area contributed by atoms with Crippen LogP contribution >= 0.6 is 11.6 Å². The van der Waals surface area contributed by atoms with Gasteiger partial charge in [-0.2, -0.15) is 0 Å². The van der Waals surface area contributed by atoms with E-state index in [0.717, 1.165) is 30.2 Å². The Morgan fingerprint density at radius 1 is 1.07 bits per heavy atom. The third-order valence-corrected chi connectivity index (χ3v) is 6.65. The molecule has 2 aromatic rings. The zero-order valence-corrected chi connectivity index (χ0v) is 19.9. The third kappa shape index (κ3) is 5.76. The number of carbonyl (C=O) groups is 1. The van der Waals surface area contributed by atoms with Crippen LogP contribution < -0.4 is 9.62 Å². The summed E-state index contributed by atoms with van der Waals surface area (Å²) in [5, 5.41) is 3.37. The normalized spacial score (nSPS) is 12.5. The van der Waals surface area contributed by atoms with E-state index in [4.69, 9.17) is 11.6 Å². The SMILES string of the molecule is CCc1ccc(CC)c(CNC(=O)[C@@H](CC)N(c2cc(Cl)ccc2C)S(C)(=O)=O)c1. The molecule has 0 aliphatic carbocycles. The van der Waals surface area contributed by atoms with Gasteiger partial charge in [-0.15, -0.1) is 0 Å². The van der Waals surface area contributed by atoms with Gasteiger partial charge in [-0.05, 0) is 60.6 Å². The molecule has 0 saturated heterocycles. The molecule has 0 heterocycles. The molecule has 0 radical (unpaired) electrons. The highest BCUT2D eigenvalue weighted by atomic mass is 35.5. The first-order chi connectivity index (χ1) is 14.1. The highest BCUT2D eigenvalue weighted by Crippen LogP contribution is 2.29. The maximum absolute atomic E-state index is 13.1. The summed E-state index contributed by atoms with van der Waals surface area (Å²) in [6.07, 6.45) is 3.23. The molecule has 0 fully saturated rings. The first kappa shape index (κ1) is 24.2. The first-order valence-electron chi connectivity index (χ1n) is 10.3. The molecule has 0 aliphatic rings. The van der Waals surface area contributed by atoms with E-state index in [0.29, 0.717) is 23.7 Å². The van der Waals surface area contributed by atoms with Crippen LogP contribution in [0.15, 0.2) is 36.4 Å². The number of aryl methyl sites for hydroxylation is 3. The number of carbonyl (C=O) groups excluding carboxylic acids is 1. The standard InChI is InChI=1S/C23H31ClN2O3S/c1-6-17-10-11-18(7-2)19(13-17)15-25-23(27)21(8-3)26(30(5,28)29)22-14-20(24)12-9-16(22)4/h9-14,21H,6-8,15H2,1-5H3,(H,25,27)/t21-/m1/s1. The van der Waals surface area contributed by atoms with Gasteiger partial charge in [0.05, 0.1) is 11.9 Å². The lowest BCUT2D eigenvalue weighted by Crippen LogP contribution is -2.49. The average molecular weight is 451 g/mol. The molecule has 2 rings (SSSR count). The predicted octanol–water partition coefficient (Wildman–Crippen LogP) is 4.63. The number of nitrogens with zero attached hydrogens (tertiary/aromatic N) is 1. The molecule has 2 aromatic carbocycles. The number of hydrogen-bond acceptors (Lipinski definition) is 3. The predicted molar refractivity (Wildman–Crippen MR) is 125 cm³/mol. The number of sulfonamides is 1. The summed E-state index contributed by atoms with van der Waals surface area (Å²) in [4.78, 5) is 13.1. The van der Waals surface area contributed by atoms with E-state index in [-0.39, 0.29) is 5.91 Å². The van der Waals surface area contributed by atoms with Crippen molar-refractivity contribution in [3.8, 4) is 0 Å². The number of halogens is 1. The van der Waals surface area contributed by atoms with E-state index < -0.39 is 16.1 Å². The number of rotatable bonds is 9. The van der Waals surface area contributed by atoms with Crippen molar-refractivity contribution < 1.29 is 13.2 Å². The van der Waals surface area contributed by atoms with Crippen LogP contribution in [-0.4, -0.2) is 26.6 Å². The second-order valence-electron chi connectivity index (χ2n) is 7.44. The zero-order valence-electron chi connectivity index (χ0n) is 18.3. The van der Waals surface area contributed by atoms with Gasteiger partial charge in [-0.25, -0.2) is 8.42 Å². The average Bonchev–Trinajstić information content (AvgIpc) is 2.70. The molecule has 0 saturated carbocycles. The van der Waals surface area contributed by atoms with Crippen molar-refractivity contribution in [1.82, 2.24) is 5.32 Å². The quantitative estimate of drug-likeness (QED) is 0.605. The molecule has 7 heteroatoms. The van der Waals surface area contributed by atoms with Crippen LogP contribution in [-0.2, 0) is 34.2 Å².